The van der Waals surface area contributed by atoms with Crippen LogP contribution in [-0.2, 0) is 16.1 Å². The normalized spacial score (nSPS) is 17.8. The highest BCUT2D eigenvalue weighted by Crippen LogP contribution is 2.43. The molecule has 0 amide bonds. The summed E-state index contributed by atoms with van der Waals surface area (Å²) in [6, 6.07) is 15.2. The van der Waals surface area contributed by atoms with Gasteiger partial charge >= 0.3 is 5.97 Å². The van der Waals surface area contributed by atoms with E-state index in [-0.39, 0.29) is 18.2 Å². The van der Waals surface area contributed by atoms with E-state index in [4.69, 9.17) is 19.7 Å². The van der Waals surface area contributed by atoms with Crippen LogP contribution in [-0.4, -0.2) is 46.9 Å². The monoisotopic (exact) mass is 512 g/mol. The van der Waals surface area contributed by atoms with Gasteiger partial charge in [-0.05, 0) is 49.3 Å². The second-order valence-corrected chi connectivity index (χ2v) is 10.4. The van der Waals surface area contributed by atoms with Crippen LogP contribution in [0, 0.1) is 17.7 Å². The van der Waals surface area contributed by atoms with Crippen LogP contribution in [0.1, 0.15) is 32.6 Å². The van der Waals surface area contributed by atoms with Gasteiger partial charge in [0.25, 0.3) is 0 Å². The Kier molecular flexibility index (Phi) is 9.04. The van der Waals surface area contributed by atoms with Crippen molar-refractivity contribution in [1.29, 1.82) is 0 Å². The number of rotatable bonds is 11. The van der Waals surface area contributed by atoms with Crippen LogP contribution in [0.3, 0.4) is 0 Å². The zero-order valence-corrected chi connectivity index (χ0v) is 21.6. The predicted octanol–water partition coefficient (Wildman–Crippen LogP) is 6.38. The number of aliphatic carboxylic acids is 1. The molecule has 6 nitrogen and oxygen atoms in total. The molecule has 0 saturated heterocycles. The molecule has 0 bridgehead atoms. The lowest BCUT2D eigenvalue weighted by atomic mass is 9.82. The summed E-state index contributed by atoms with van der Waals surface area (Å²) >= 11 is 1.68. The number of nitrogens with zero attached hydrogens (tertiary/aromatic N) is 2. The van der Waals surface area contributed by atoms with Crippen molar-refractivity contribution in [2.45, 2.75) is 44.2 Å². The Morgan fingerprint density at radius 3 is 2.50 bits per heavy atom. The molecule has 36 heavy (non-hydrogen) atoms. The Bertz CT molecular complexity index is 1160. The molecule has 192 valence electrons. The number of hydrogen-bond donors (Lipinski definition) is 1. The zero-order valence-electron chi connectivity index (χ0n) is 20.8. The van der Waals surface area contributed by atoms with Gasteiger partial charge in [-0.2, -0.15) is 5.10 Å². The molecule has 1 heterocycles. The average molecular weight is 513 g/mol. The van der Waals surface area contributed by atoms with E-state index >= 15 is 4.39 Å². The number of ether oxygens (including phenoxy) is 2. The third-order valence-corrected chi connectivity index (χ3v) is 7.64. The molecule has 1 N–H and O–H groups in total. The molecule has 0 radical (unpaired) electrons. The lowest BCUT2D eigenvalue weighted by Crippen LogP contribution is -2.23. The summed E-state index contributed by atoms with van der Waals surface area (Å²) in [5, 5.41) is 14.8. The molecular formula is C28H33FN2O4S. The number of halogens is 1. The fraction of sp³-hybridized carbons (Fsp3) is 0.429. The number of carboxylic acid groups (broad SMARTS) is 1. The number of aromatic nitrogens is 2. The maximum Gasteiger partial charge on any atom is 0.329 e. The highest BCUT2D eigenvalue weighted by Gasteiger charge is 2.27. The lowest BCUT2D eigenvalue weighted by Gasteiger charge is -2.28. The van der Waals surface area contributed by atoms with Crippen LogP contribution in [0.25, 0.3) is 22.4 Å². The van der Waals surface area contributed by atoms with Gasteiger partial charge in [0.1, 0.15) is 17.3 Å². The highest BCUT2D eigenvalue weighted by molar-refractivity contribution is 7.99. The van der Waals surface area contributed by atoms with Crippen LogP contribution >= 0.6 is 11.8 Å². The molecule has 0 spiro atoms. The van der Waals surface area contributed by atoms with Gasteiger partial charge in [0.2, 0.25) is 0 Å². The number of benzene rings is 2. The Hall–Kier alpha value is -2.84. The van der Waals surface area contributed by atoms with E-state index in [0.717, 1.165) is 59.8 Å². The minimum Gasteiger partial charge on any atom is -0.494 e. The SMILES string of the molecule is CCSc1c(-c2cccc(OC)c2F)c(-c2ccccc2)nn1C[C@H]1CC[C@@H](COCC(=O)O)CC1. The van der Waals surface area contributed by atoms with E-state index in [2.05, 4.69) is 11.6 Å². The van der Waals surface area contributed by atoms with E-state index < -0.39 is 5.97 Å². The van der Waals surface area contributed by atoms with Crippen molar-refractivity contribution in [2.75, 3.05) is 26.1 Å². The zero-order chi connectivity index (χ0) is 25.5. The second kappa shape index (κ2) is 12.4. The molecule has 2 aromatic carbocycles. The van der Waals surface area contributed by atoms with Crippen LogP contribution in [0.4, 0.5) is 4.39 Å². The molecule has 0 aliphatic heterocycles. The molecule has 1 fully saturated rings. The number of methoxy groups -OCH3 is 1. The van der Waals surface area contributed by atoms with Gasteiger partial charge in [-0.1, -0.05) is 49.4 Å². The van der Waals surface area contributed by atoms with Gasteiger partial charge in [-0.3, -0.25) is 4.68 Å². The summed E-state index contributed by atoms with van der Waals surface area (Å²) in [5.41, 5.74) is 3.02. The van der Waals surface area contributed by atoms with Crippen molar-refractivity contribution in [3.05, 3.63) is 54.3 Å². The van der Waals surface area contributed by atoms with E-state index in [1.807, 2.05) is 36.4 Å². The lowest BCUT2D eigenvalue weighted by molar-refractivity contribution is -0.142. The largest absolute Gasteiger partial charge is 0.494 e. The molecule has 1 aromatic heterocycles. The van der Waals surface area contributed by atoms with Gasteiger partial charge < -0.3 is 14.6 Å². The average Bonchev–Trinajstić information content (AvgIpc) is 3.23. The summed E-state index contributed by atoms with van der Waals surface area (Å²) in [7, 11) is 1.48. The van der Waals surface area contributed by atoms with E-state index in [9.17, 15) is 4.79 Å². The van der Waals surface area contributed by atoms with Gasteiger partial charge in [-0.25, -0.2) is 9.18 Å². The number of carbonyl (C=O) groups is 1. The summed E-state index contributed by atoms with van der Waals surface area (Å²) < 4.78 is 28.2. The van der Waals surface area contributed by atoms with Gasteiger partial charge in [0.05, 0.1) is 13.7 Å². The summed E-state index contributed by atoms with van der Waals surface area (Å²) in [6.07, 6.45) is 4.07. The molecule has 1 saturated carbocycles. The topological polar surface area (TPSA) is 73.6 Å². The first kappa shape index (κ1) is 26.2. The van der Waals surface area contributed by atoms with E-state index in [0.29, 0.717) is 24.0 Å². The fourth-order valence-corrected chi connectivity index (χ4v) is 5.78. The summed E-state index contributed by atoms with van der Waals surface area (Å²) in [6.45, 7) is 3.11. The van der Waals surface area contributed by atoms with Crippen molar-refractivity contribution in [3.63, 3.8) is 0 Å². The first-order valence-electron chi connectivity index (χ1n) is 12.4. The number of thioether (sulfide) groups is 1. The third-order valence-electron chi connectivity index (χ3n) is 6.66. The van der Waals surface area contributed by atoms with Crippen LogP contribution in [0.5, 0.6) is 5.75 Å². The van der Waals surface area contributed by atoms with Crippen molar-refractivity contribution >= 4 is 17.7 Å². The Balaban J connectivity index is 1.64. The molecule has 8 heteroatoms. The Morgan fingerprint density at radius 2 is 1.83 bits per heavy atom. The molecule has 4 rings (SSSR count). The van der Waals surface area contributed by atoms with Crippen LogP contribution < -0.4 is 4.74 Å². The van der Waals surface area contributed by atoms with E-state index in [1.165, 1.54) is 7.11 Å². The maximum atomic E-state index is 15.5. The smallest absolute Gasteiger partial charge is 0.329 e. The first-order chi connectivity index (χ1) is 17.5. The van der Waals surface area contributed by atoms with Crippen molar-refractivity contribution in [2.24, 2.45) is 11.8 Å². The predicted molar refractivity (Wildman–Crippen MR) is 140 cm³/mol. The van der Waals surface area contributed by atoms with Crippen molar-refractivity contribution in [3.8, 4) is 28.1 Å². The van der Waals surface area contributed by atoms with E-state index in [1.54, 1.807) is 23.9 Å². The third kappa shape index (κ3) is 6.10. The summed E-state index contributed by atoms with van der Waals surface area (Å²) in [5.74, 6) is 0.589. The number of hydrogen-bond acceptors (Lipinski definition) is 5. The molecule has 1 aliphatic carbocycles. The Labute approximate surface area is 215 Å². The molecule has 0 atom stereocenters. The van der Waals surface area contributed by atoms with Gasteiger partial charge in [-0.15, -0.1) is 11.8 Å². The highest BCUT2D eigenvalue weighted by atomic mass is 32.2. The molecular weight excluding hydrogens is 479 g/mol. The van der Waals surface area contributed by atoms with Crippen LogP contribution in [0.15, 0.2) is 53.6 Å². The van der Waals surface area contributed by atoms with Crippen LogP contribution in [0.2, 0.25) is 0 Å². The minimum atomic E-state index is -0.930. The molecule has 3 aromatic rings. The van der Waals surface area contributed by atoms with Crippen molar-refractivity contribution < 1.29 is 23.8 Å². The first-order valence-corrected chi connectivity index (χ1v) is 13.4. The Morgan fingerprint density at radius 1 is 1.11 bits per heavy atom. The second-order valence-electron chi connectivity index (χ2n) is 9.13. The minimum absolute atomic E-state index is 0.218. The fourth-order valence-electron chi connectivity index (χ4n) is 4.89. The maximum absolute atomic E-state index is 15.5. The standard InChI is InChI=1S/C28H33FN2O4S/c1-3-36-28-25(22-10-7-11-23(34-2)26(22)29)27(21-8-5-4-6-9-21)30-31(28)16-19-12-14-20(15-13-19)17-35-18-24(32)33/h4-11,19-20H,3,12-18H2,1-2H3,(H,32,33)/t19-,20+. The van der Waals surface area contributed by atoms with Gasteiger partial charge in [0.15, 0.2) is 11.6 Å². The molecule has 0 unspecified atom stereocenters. The quantitative estimate of drug-likeness (QED) is 0.300. The number of carboxylic acids is 1. The summed E-state index contributed by atoms with van der Waals surface area (Å²) in [4.78, 5) is 10.7. The van der Waals surface area contributed by atoms with Gasteiger partial charge in [0, 0.05) is 23.2 Å². The van der Waals surface area contributed by atoms with Crippen molar-refractivity contribution in [1.82, 2.24) is 9.78 Å². The molecule has 1 aliphatic rings.